The summed E-state index contributed by atoms with van der Waals surface area (Å²) in [7, 11) is 0. The van der Waals surface area contributed by atoms with E-state index in [1.807, 2.05) is 32.9 Å². The largest absolute Gasteiger partial charge is 0.481 e. The van der Waals surface area contributed by atoms with Gasteiger partial charge in [-0.05, 0) is 56.0 Å². The molecule has 116 valence electrons. The minimum Gasteiger partial charge on any atom is -0.481 e. The second-order valence-corrected chi connectivity index (χ2v) is 6.01. The Labute approximate surface area is 134 Å². The van der Waals surface area contributed by atoms with Gasteiger partial charge in [0.15, 0.2) is 0 Å². The zero-order chi connectivity index (χ0) is 16.4. The Morgan fingerprint density at radius 3 is 2.32 bits per heavy atom. The topological polar surface area (TPSA) is 37.3 Å². The third-order valence-electron chi connectivity index (χ3n) is 3.85. The number of aliphatic carboxylic acids is 1. The molecule has 0 bridgehead atoms. The van der Waals surface area contributed by atoms with Crippen LogP contribution in [0.1, 0.15) is 33.7 Å². The second kappa shape index (κ2) is 6.49. The first kappa shape index (κ1) is 16.5. The van der Waals surface area contributed by atoms with E-state index >= 15 is 0 Å². The average Bonchev–Trinajstić information content (AvgIpc) is 2.39. The third kappa shape index (κ3) is 3.30. The normalized spacial score (nSPS) is 12.2. The first-order valence-electron chi connectivity index (χ1n) is 7.04. The van der Waals surface area contributed by atoms with E-state index < -0.39 is 17.7 Å². The van der Waals surface area contributed by atoms with Crippen LogP contribution in [0.25, 0.3) is 0 Å². The van der Waals surface area contributed by atoms with Gasteiger partial charge >= 0.3 is 5.97 Å². The van der Waals surface area contributed by atoms with Crippen molar-refractivity contribution in [3.8, 4) is 0 Å². The summed E-state index contributed by atoms with van der Waals surface area (Å²) in [5, 5.41) is 9.88. The van der Waals surface area contributed by atoms with Crippen molar-refractivity contribution < 1.29 is 14.3 Å². The SMILES string of the molecule is Cc1cc(C)c(C(Cc2c(F)cccc2Cl)C(=O)O)c(C)c1. The number of benzene rings is 2. The number of halogens is 2. The van der Waals surface area contributed by atoms with Crippen molar-refractivity contribution in [2.75, 3.05) is 0 Å². The minimum absolute atomic E-state index is 0.0333. The summed E-state index contributed by atoms with van der Waals surface area (Å²) in [5.74, 6) is -2.27. The minimum atomic E-state index is -0.977. The zero-order valence-electron chi connectivity index (χ0n) is 12.8. The lowest BCUT2D eigenvalue weighted by atomic mass is 9.85. The van der Waals surface area contributed by atoms with Crippen LogP contribution in [0.5, 0.6) is 0 Å². The molecule has 0 aliphatic carbocycles. The van der Waals surface area contributed by atoms with Crippen LogP contribution in [0.2, 0.25) is 5.02 Å². The summed E-state index contributed by atoms with van der Waals surface area (Å²) in [6.07, 6.45) is 0.0333. The fourth-order valence-corrected chi connectivity index (χ4v) is 3.23. The molecule has 2 nitrogen and oxygen atoms in total. The lowest BCUT2D eigenvalue weighted by Crippen LogP contribution is -2.18. The summed E-state index contributed by atoms with van der Waals surface area (Å²) >= 11 is 6.04. The molecule has 1 N–H and O–H groups in total. The Morgan fingerprint density at radius 1 is 1.23 bits per heavy atom. The van der Waals surface area contributed by atoms with Crippen LogP contribution in [-0.4, -0.2) is 11.1 Å². The highest BCUT2D eigenvalue weighted by Gasteiger charge is 2.26. The van der Waals surface area contributed by atoms with Crippen molar-refractivity contribution in [3.05, 3.63) is 69.0 Å². The highest BCUT2D eigenvalue weighted by atomic mass is 35.5. The average molecular weight is 321 g/mol. The fourth-order valence-electron chi connectivity index (χ4n) is 2.99. The molecule has 2 rings (SSSR count). The predicted octanol–water partition coefficient (Wildman–Crippen LogP) is 4.82. The van der Waals surface area contributed by atoms with Gasteiger partial charge in [-0.25, -0.2) is 4.39 Å². The van der Waals surface area contributed by atoms with E-state index in [4.69, 9.17) is 11.6 Å². The molecule has 0 aliphatic rings. The van der Waals surface area contributed by atoms with Crippen LogP contribution < -0.4 is 0 Å². The number of carbonyl (C=O) groups is 1. The molecule has 0 amide bonds. The lowest BCUT2D eigenvalue weighted by Gasteiger charge is -2.19. The molecule has 1 atom stereocenters. The van der Waals surface area contributed by atoms with Gasteiger partial charge in [0.1, 0.15) is 5.82 Å². The molecule has 22 heavy (non-hydrogen) atoms. The van der Waals surface area contributed by atoms with Crippen molar-refractivity contribution in [1.82, 2.24) is 0 Å². The molecular weight excluding hydrogens is 303 g/mol. The summed E-state index contributed by atoms with van der Waals surface area (Å²) in [5.41, 5.74) is 3.86. The molecule has 0 aliphatic heterocycles. The molecule has 4 heteroatoms. The first-order valence-corrected chi connectivity index (χ1v) is 7.42. The van der Waals surface area contributed by atoms with E-state index in [2.05, 4.69) is 0 Å². The summed E-state index contributed by atoms with van der Waals surface area (Å²) in [6, 6.07) is 8.28. The maximum Gasteiger partial charge on any atom is 0.311 e. The van der Waals surface area contributed by atoms with Gasteiger partial charge in [0, 0.05) is 10.6 Å². The van der Waals surface area contributed by atoms with E-state index in [1.165, 1.54) is 12.1 Å². The number of carboxylic acids is 1. The Balaban J connectivity index is 2.51. The Hall–Kier alpha value is -1.87. The smallest absolute Gasteiger partial charge is 0.311 e. The fraction of sp³-hybridized carbons (Fsp3) is 0.278. The quantitative estimate of drug-likeness (QED) is 0.877. The molecule has 0 saturated heterocycles. The summed E-state index contributed by atoms with van der Waals surface area (Å²) in [4.78, 5) is 11.8. The van der Waals surface area contributed by atoms with E-state index in [-0.39, 0.29) is 17.0 Å². The predicted molar refractivity (Wildman–Crippen MR) is 86.1 cm³/mol. The van der Waals surface area contributed by atoms with Gasteiger partial charge in [0.2, 0.25) is 0 Å². The van der Waals surface area contributed by atoms with Crippen LogP contribution >= 0.6 is 11.6 Å². The van der Waals surface area contributed by atoms with E-state index in [0.29, 0.717) is 0 Å². The van der Waals surface area contributed by atoms with Gasteiger partial charge in [-0.3, -0.25) is 4.79 Å². The zero-order valence-corrected chi connectivity index (χ0v) is 13.5. The van der Waals surface area contributed by atoms with E-state index in [9.17, 15) is 14.3 Å². The van der Waals surface area contributed by atoms with Crippen molar-refractivity contribution in [1.29, 1.82) is 0 Å². The maximum absolute atomic E-state index is 14.0. The molecule has 0 fully saturated rings. The standard InChI is InChI=1S/C18H18ClFO2/c1-10-7-11(2)17(12(3)8-10)14(18(21)22)9-13-15(19)5-4-6-16(13)20/h4-8,14H,9H2,1-3H3,(H,21,22). The van der Waals surface area contributed by atoms with Gasteiger partial charge in [-0.1, -0.05) is 35.4 Å². The molecule has 0 aromatic heterocycles. The van der Waals surface area contributed by atoms with Gasteiger partial charge < -0.3 is 5.11 Å². The van der Waals surface area contributed by atoms with Crippen molar-refractivity contribution >= 4 is 17.6 Å². The van der Waals surface area contributed by atoms with Crippen LogP contribution in [0.3, 0.4) is 0 Å². The van der Waals surface area contributed by atoms with E-state index in [0.717, 1.165) is 22.3 Å². The number of hydrogen-bond donors (Lipinski definition) is 1. The maximum atomic E-state index is 14.0. The van der Waals surface area contributed by atoms with E-state index in [1.54, 1.807) is 6.07 Å². The molecule has 2 aromatic rings. The van der Waals surface area contributed by atoms with Gasteiger partial charge in [0.05, 0.1) is 5.92 Å². The monoisotopic (exact) mass is 320 g/mol. The van der Waals surface area contributed by atoms with Crippen LogP contribution in [-0.2, 0) is 11.2 Å². The number of hydrogen-bond acceptors (Lipinski definition) is 1. The molecule has 0 heterocycles. The molecule has 2 aromatic carbocycles. The third-order valence-corrected chi connectivity index (χ3v) is 4.21. The Bertz CT molecular complexity index is 682. The van der Waals surface area contributed by atoms with Gasteiger partial charge in [-0.2, -0.15) is 0 Å². The Morgan fingerprint density at radius 2 is 1.82 bits per heavy atom. The molecule has 0 spiro atoms. The summed E-state index contributed by atoms with van der Waals surface area (Å²) < 4.78 is 14.0. The van der Waals surface area contributed by atoms with Crippen LogP contribution in [0.4, 0.5) is 4.39 Å². The highest BCUT2D eigenvalue weighted by Crippen LogP contribution is 2.31. The van der Waals surface area contributed by atoms with Crippen molar-refractivity contribution in [2.45, 2.75) is 33.1 Å². The molecule has 0 radical (unpaired) electrons. The Kier molecular flexibility index (Phi) is 4.87. The lowest BCUT2D eigenvalue weighted by molar-refractivity contribution is -0.138. The van der Waals surface area contributed by atoms with Gasteiger partial charge in [-0.15, -0.1) is 0 Å². The molecule has 0 saturated carbocycles. The van der Waals surface area contributed by atoms with Gasteiger partial charge in [0.25, 0.3) is 0 Å². The molecule has 1 unspecified atom stereocenters. The van der Waals surface area contributed by atoms with Crippen LogP contribution in [0.15, 0.2) is 30.3 Å². The number of aryl methyl sites for hydroxylation is 3. The summed E-state index contributed by atoms with van der Waals surface area (Å²) in [6.45, 7) is 5.73. The number of rotatable bonds is 4. The molecular formula is C18H18ClFO2. The second-order valence-electron chi connectivity index (χ2n) is 5.61. The first-order chi connectivity index (χ1) is 10.3. The van der Waals surface area contributed by atoms with Crippen molar-refractivity contribution in [3.63, 3.8) is 0 Å². The number of carboxylic acid groups (broad SMARTS) is 1. The van der Waals surface area contributed by atoms with Crippen molar-refractivity contribution in [2.24, 2.45) is 0 Å². The highest BCUT2D eigenvalue weighted by molar-refractivity contribution is 6.31. The van der Waals surface area contributed by atoms with Crippen LogP contribution in [0, 0.1) is 26.6 Å².